The second-order valence-corrected chi connectivity index (χ2v) is 4.76. The lowest BCUT2D eigenvalue weighted by Crippen LogP contribution is -2.51. The molecule has 0 unspecified atom stereocenters. The molecule has 2 heterocycles. The average molecular weight is 236 g/mol. The highest BCUT2D eigenvalue weighted by Crippen LogP contribution is 2.17. The van der Waals surface area contributed by atoms with Gasteiger partial charge in [-0.05, 0) is 13.8 Å². The first-order valence-electron chi connectivity index (χ1n) is 5.60. The fraction of sp³-hybridized carbons (Fsp3) is 0.500. The van der Waals surface area contributed by atoms with E-state index in [2.05, 4.69) is 4.98 Å². The number of ether oxygens (including phenoxy) is 1. The molecular weight excluding hydrogens is 220 g/mol. The number of hydrogen-bond acceptors (Lipinski definition) is 3. The topological polar surface area (TPSA) is 62.4 Å². The number of nitrogens with one attached hydrogen (secondary N) is 1. The first-order valence-corrected chi connectivity index (χ1v) is 5.60. The van der Waals surface area contributed by atoms with Crippen LogP contribution in [-0.2, 0) is 4.74 Å². The highest BCUT2D eigenvalue weighted by molar-refractivity contribution is 5.93. The number of aromatic amines is 1. The van der Waals surface area contributed by atoms with E-state index in [0.717, 1.165) is 0 Å². The summed E-state index contributed by atoms with van der Waals surface area (Å²) in [6.45, 7) is 5.39. The molecule has 5 nitrogen and oxygen atoms in total. The third-order valence-corrected chi connectivity index (χ3v) is 2.77. The monoisotopic (exact) mass is 236 g/mol. The molecule has 0 radical (unpaired) electrons. The first-order chi connectivity index (χ1) is 7.99. The molecular formula is C12H16N2O3. The van der Waals surface area contributed by atoms with Gasteiger partial charge in [-0.15, -0.1) is 0 Å². The molecule has 1 aliphatic heterocycles. The molecule has 0 aromatic carbocycles. The van der Waals surface area contributed by atoms with Crippen LogP contribution in [0, 0.1) is 0 Å². The smallest absolute Gasteiger partial charge is 0.259 e. The van der Waals surface area contributed by atoms with Crippen LogP contribution in [-0.4, -0.2) is 41.1 Å². The molecule has 0 saturated carbocycles. The normalized spacial score (nSPS) is 19.1. The number of nitrogens with zero attached hydrogens (tertiary/aromatic N) is 1. The van der Waals surface area contributed by atoms with E-state index in [1.807, 2.05) is 13.8 Å². The quantitative estimate of drug-likeness (QED) is 0.777. The summed E-state index contributed by atoms with van der Waals surface area (Å²) in [6.07, 6.45) is 2.97. The van der Waals surface area contributed by atoms with Crippen LogP contribution in [0.25, 0.3) is 0 Å². The largest absolute Gasteiger partial charge is 0.372 e. The van der Waals surface area contributed by atoms with Crippen molar-refractivity contribution >= 4 is 5.91 Å². The maximum absolute atomic E-state index is 12.2. The molecule has 1 N–H and O–H groups in total. The van der Waals surface area contributed by atoms with E-state index in [-0.39, 0.29) is 22.5 Å². The second-order valence-electron chi connectivity index (χ2n) is 4.76. The molecule has 0 spiro atoms. The minimum Gasteiger partial charge on any atom is -0.372 e. The van der Waals surface area contributed by atoms with Gasteiger partial charge < -0.3 is 14.6 Å². The van der Waals surface area contributed by atoms with Gasteiger partial charge in [-0.25, -0.2) is 0 Å². The van der Waals surface area contributed by atoms with Gasteiger partial charge in [0.05, 0.1) is 12.2 Å². The van der Waals surface area contributed by atoms with Crippen molar-refractivity contribution < 1.29 is 9.53 Å². The van der Waals surface area contributed by atoms with Gasteiger partial charge >= 0.3 is 0 Å². The van der Waals surface area contributed by atoms with Gasteiger partial charge in [-0.2, -0.15) is 0 Å². The van der Waals surface area contributed by atoms with Crippen molar-refractivity contribution in [2.24, 2.45) is 0 Å². The van der Waals surface area contributed by atoms with Gasteiger partial charge in [-0.1, -0.05) is 0 Å². The highest BCUT2D eigenvalue weighted by atomic mass is 16.5. The molecule has 17 heavy (non-hydrogen) atoms. The van der Waals surface area contributed by atoms with Gasteiger partial charge in [0.1, 0.15) is 5.56 Å². The van der Waals surface area contributed by atoms with Crippen LogP contribution in [0.1, 0.15) is 24.2 Å². The Balaban J connectivity index is 2.21. The number of amides is 1. The van der Waals surface area contributed by atoms with E-state index < -0.39 is 0 Å². The molecule has 1 aromatic rings. The molecule has 2 rings (SSSR count). The van der Waals surface area contributed by atoms with Gasteiger partial charge in [0, 0.05) is 31.5 Å². The minimum atomic E-state index is -0.352. The Hall–Kier alpha value is -1.62. The van der Waals surface area contributed by atoms with Crippen LogP contribution >= 0.6 is 0 Å². The fourth-order valence-corrected chi connectivity index (χ4v) is 1.94. The highest BCUT2D eigenvalue weighted by Gasteiger charge is 2.31. The second kappa shape index (κ2) is 4.33. The van der Waals surface area contributed by atoms with Crippen molar-refractivity contribution in [1.82, 2.24) is 9.88 Å². The predicted octanol–water partition coefficient (Wildman–Crippen LogP) is 0.626. The number of carbonyl (C=O) groups excluding carboxylic acids is 1. The molecule has 0 bridgehead atoms. The SMILES string of the molecule is CC1(C)CN(C(=O)c2c[nH]ccc2=O)CCO1. The van der Waals surface area contributed by atoms with Crippen molar-refractivity contribution in [3.8, 4) is 0 Å². The van der Waals surface area contributed by atoms with Crippen molar-refractivity contribution in [2.75, 3.05) is 19.7 Å². The van der Waals surface area contributed by atoms with E-state index in [0.29, 0.717) is 19.7 Å². The molecule has 1 aliphatic rings. The third-order valence-electron chi connectivity index (χ3n) is 2.77. The minimum absolute atomic E-state index is 0.185. The number of morpholine rings is 1. The van der Waals surface area contributed by atoms with Gasteiger partial charge in [0.15, 0.2) is 5.43 Å². The molecule has 1 fully saturated rings. The Morgan fingerprint density at radius 1 is 1.53 bits per heavy atom. The summed E-state index contributed by atoms with van der Waals surface area (Å²) in [5.74, 6) is -0.233. The molecule has 5 heteroatoms. The first kappa shape index (κ1) is 11.9. The van der Waals surface area contributed by atoms with E-state index in [1.165, 1.54) is 18.5 Å². The third kappa shape index (κ3) is 2.55. The summed E-state index contributed by atoms with van der Waals surface area (Å²) in [4.78, 5) is 28.1. The number of H-pyrrole nitrogens is 1. The van der Waals surface area contributed by atoms with Crippen molar-refractivity contribution in [1.29, 1.82) is 0 Å². The number of rotatable bonds is 1. The Labute approximate surface area is 99.4 Å². The molecule has 92 valence electrons. The van der Waals surface area contributed by atoms with Gasteiger partial charge in [0.25, 0.3) is 5.91 Å². The van der Waals surface area contributed by atoms with E-state index in [9.17, 15) is 9.59 Å². The summed E-state index contributed by atoms with van der Waals surface area (Å²) < 4.78 is 5.53. The summed E-state index contributed by atoms with van der Waals surface area (Å²) in [5, 5.41) is 0. The summed E-state index contributed by atoms with van der Waals surface area (Å²) >= 11 is 0. The maximum atomic E-state index is 12.2. The Morgan fingerprint density at radius 2 is 2.29 bits per heavy atom. The Kier molecular flexibility index (Phi) is 3.02. The number of hydrogen-bond donors (Lipinski definition) is 1. The van der Waals surface area contributed by atoms with Crippen molar-refractivity contribution in [2.45, 2.75) is 19.4 Å². The van der Waals surface area contributed by atoms with Crippen LogP contribution in [0.2, 0.25) is 0 Å². The van der Waals surface area contributed by atoms with Crippen LogP contribution < -0.4 is 5.43 Å². The standard InChI is InChI=1S/C12H16N2O3/c1-12(2)8-14(5-6-17-12)11(16)9-7-13-4-3-10(9)15/h3-4,7H,5-6,8H2,1-2H3,(H,13,15). The van der Waals surface area contributed by atoms with E-state index in [1.54, 1.807) is 4.90 Å². The van der Waals surface area contributed by atoms with Gasteiger partial charge in [0.2, 0.25) is 0 Å². The average Bonchev–Trinajstić information content (AvgIpc) is 2.27. The van der Waals surface area contributed by atoms with E-state index >= 15 is 0 Å². The number of aromatic nitrogens is 1. The molecule has 0 atom stereocenters. The lowest BCUT2D eigenvalue weighted by molar-refractivity contribution is -0.0764. The Morgan fingerprint density at radius 3 is 2.94 bits per heavy atom. The maximum Gasteiger partial charge on any atom is 0.259 e. The predicted molar refractivity (Wildman–Crippen MR) is 63.0 cm³/mol. The van der Waals surface area contributed by atoms with Crippen molar-refractivity contribution in [3.63, 3.8) is 0 Å². The fourth-order valence-electron chi connectivity index (χ4n) is 1.94. The Bertz CT molecular complexity index is 479. The van der Waals surface area contributed by atoms with Crippen LogP contribution in [0.5, 0.6) is 0 Å². The van der Waals surface area contributed by atoms with Crippen LogP contribution in [0.15, 0.2) is 23.3 Å². The summed E-state index contributed by atoms with van der Waals surface area (Å²) in [5.41, 5.74) is -0.418. The zero-order chi connectivity index (χ0) is 12.5. The summed E-state index contributed by atoms with van der Waals surface area (Å²) in [7, 11) is 0. The summed E-state index contributed by atoms with van der Waals surface area (Å²) in [6, 6.07) is 1.36. The van der Waals surface area contributed by atoms with Crippen molar-refractivity contribution in [3.05, 3.63) is 34.2 Å². The number of carbonyl (C=O) groups is 1. The van der Waals surface area contributed by atoms with E-state index in [4.69, 9.17) is 4.74 Å². The molecule has 1 aromatic heterocycles. The molecule has 1 amide bonds. The van der Waals surface area contributed by atoms with Crippen LogP contribution in [0.4, 0.5) is 0 Å². The zero-order valence-corrected chi connectivity index (χ0v) is 10.0. The molecule has 0 aliphatic carbocycles. The number of pyridine rings is 1. The lowest BCUT2D eigenvalue weighted by atomic mass is 10.1. The van der Waals surface area contributed by atoms with Crippen LogP contribution in [0.3, 0.4) is 0 Å². The lowest BCUT2D eigenvalue weighted by Gasteiger charge is -2.38. The zero-order valence-electron chi connectivity index (χ0n) is 10.0. The molecule has 1 saturated heterocycles. The van der Waals surface area contributed by atoms with Gasteiger partial charge in [-0.3, -0.25) is 9.59 Å².